The molecule has 0 bridgehead atoms. The largest absolute Gasteiger partial charge is 0.457 e. The van der Waals surface area contributed by atoms with Gasteiger partial charge in [0.15, 0.2) is 0 Å². The fraction of sp³-hybridized carbons (Fsp3) is 0.100. The van der Waals surface area contributed by atoms with E-state index in [1.54, 1.807) is 18.2 Å². The van der Waals surface area contributed by atoms with Crippen LogP contribution in [0.4, 0.5) is 0 Å². The van der Waals surface area contributed by atoms with Gasteiger partial charge in [0.05, 0.1) is 5.69 Å². The molecule has 78 valence electrons. The van der Waals surface area contributed by atoms with Gasteiger partial charge in [0, 0.05) is 6.20 Å². The molecule has 0 saturated heterocycles. The molecule has 1 aromatic rings. The van der Waals surface area contributed by atoms with Crippen LogP contribution in [0.25, 0.3) is 0 Å². The van der Waals surface area contributed by atoms with Crippen molar-refractivity contribution < 1.29 is 14.7 Å². The maximum absolute atomic E-state index is 11.3. The van der Waals surface area contributed by atoms with Crippen LogP contribution in [0, 0.1) is 0 Å². The van der Waals surface area contributed by atoms with Crippen LogP contribution in [0.5, 0.6) is 0 Å². The highest BCUT2D eigenvalue weighted by atomic mass is 16.5. The number of aromatic nitrogens is 1. The first-order valence-electron chi connectivity index (χ1n) is 4.21. The van der Waals surface area contributed by atoms with Crippen LogP contribution in [0.3, 0.4) is 0 Å². The van der Waals surface area contributed by atoms with Gasteiger partial charge in [-0.2, -0.15) is 0 Å². The zero-order valence-electron chi connectivity index (χ0n) is 7.96. The molecule has 1 aromatic heterocycles. The van der Waals surface area contributed by atoms with Crippen molar-refractivity contribution in [1.29, 1.82) is 0 Å². The third-order valence-corrected chi connectivity index (χ3v) is 1.53. The molecule has 0 atom stereocenters. The number of ether oxygens (including phenoxy) is 1. The lowest BCUT2D eigenvalue weighted by molar-refractivity contribution is -0.134. The molecule has 0 amide bonds. The van der Waals surface area contributed by atoms with E-state index in [4.69, 9.17) is 9.94 Å². The molecule has 0 aliphatic heterocycles. The van der Waals surface area contributed by atoms with Crippen LogP contribution in [0.1, 0.15) is 5.69 Å². The monoisotopic (exact) mass is 206 g/mol. The summed E-state index contributed by atoms with van der Waals surface area (Å²) < 4.78 is 4.71. The lowest BCUT2D eigenvalue weighted by Crippen LogP contribution is -2.20. The third kappa shape index (κ3) is 2.91. The van der Waals surface area contributed by atoms with Crippen LogP contribution in [-0.2, 0) is 9.53 Å². The summed E-state index contributed by atoms with van der Waals surface area (Å²) in [4.78, 5) is 15.2. The highest BCUT2D eigenvalue weighted by Crippen LogP contribution is 1.98. The molecule has 0 aromatic carbocycles. The Hall–Kier alpha value is -2.17. The molecule has 0 saturated carbocycles. The van der Waals surface area contributed by atoms with Gasteiger partial charge in [-0.05, 0) is 12.1 Å². The highest BCUT2D eigenvalue weighted by Gasteiger charge is 2.16. The van der Waals surface area contributed by atoms with E-state index in [1.807, 2.05) is 0 Å². The van der Waals surface area contributed by atoms with Gasteiger partial charge in [-0.3, -0.25) is 4.98 Å². The van der Waals surface area contributed by atoms with E-state index in [2.05, 4.69) is 16.7 Å². The molecule has 1 N–H and O–H groups in total. The summed E-state index contributed by atoms with van der Waals surface area (Å²) in [5.41, 5.74) is 0.0338. The fourth-order valence-electron chi connectivity index (χ4n) is 0.902. The Morgan fingerprint density at radius 3 is 3.00 bits per heavy atom. The lowest BCUT2D eigenvalue weighted by atomic mass is 10.2. The summed E-state index contributed by atoms with van der Waals surface area (Å²) in [7, 11) is 0. The van der Waals surface area contributed by atoms with Crippen LogP contribution in [-0.4, -0.2) is 28.5 Å². The highest BCUT2D eigenvalue weighted by molar-refractivity contribution is 6.42. The molecule has 1 heterocycles. The van der Waals surface area contributed by atoms with Crippen molar-refractivity contribution in [2.75, 3.05) is 6.61 Å². The number of hydrogen-bond acceptors (Lipinski definition) is 5. The van der Waals surface area contributed by atoms with E-state index in [9.17, 15) is 4.79 Å². The van der Waals surface area contributed by atoms with Crippen LogP contribution in [0.15, 0.2) is 42.2 Å². The Kier molecular flexibility index (Phi) is 4.03. The zero-order chi connectivity index (χ0) is 11.1. The molecule has 0 spiro atoms. The SMILES string of the molecule is C=CCOC(=O)/C(=N\O)c1ccccn1. The van der Waals surface area contributed by atoms with Gasteiger partial charge in [-0.25, -0.2) is 4.79 Å². The van der Waals surface area contributed by atoms with Crippen molar-refractivity contribution >= 4 is 11.7 Å². The number of pyridine rings is 1. The topological polar surface area (TPSA) is 71.8 Å². The van der Waals surface area contributed by atoms with Gasteiger partial charge in [0.25, 0.3) is 0 Å². The second kappa shape index (κ2) is 5.54. The standard InChI is InChI=1S/C10H10N2O3/c1-2-7-15-10(13)9(12-14)8-5-3-4-6-11-8/h2-6,14H,1,7H2/b12-9-. The van der Waals surface area contributed by atoms with E-state index < -0.39 is 5.97 Å². The Balaban J connectivity index is 2.82. The van der Waals surface area contributed by atoms with Crippen molar-refractivity contribution in [2.24, 2.45) is 5.16 Å². The minimum absolute atomic E-state index is 0.0602. The predicted molar refractivity (Wildman–Crippen MR) is 53.7 cm³/mol. The average molecular weight is 206 g/mol. The van der Waals surface area contributed by atoms with Crippen LogP contribution >= 0.6 is 0 Å². The molecule has 0 aliphatic rings. The van der Waals surface area contributed by atoms with Gasteiger partial charge < -0.3 is 9.94 Å². The quantitative estimate of drug-likeness (QED) is 0.262. The molecule has 5 nitrogen and oxygen atoms in total. The second-order valence-corrected chi connectivity index (χ2v) is 2.55. The minimum Gasteiger partial charge on any atom is -0.457 e. The minimum atomic E-state index is -0.740. The van der Waals surface area contributed by atoms with Crippen LogP contribution in [0.2, 0.25) is 0 Å². The van der Waals surface area contributed by atoms with E-state index in [-0.39, 0.29) is 18.0 Å². The predicted octanol–water partition coefficient (Wildman–Crippen LogP) is 0.989. The summed E-state index contributed by atoms with van der Waals surface area (Å²) in [5.74, 6) is -0.740. The van der Waals surface area contributed by atoms with E-state index >= 15 is 0 Å². The van der Waals surface area contributed by atoms with Crippen molar-refractivity contribution in [1.82, 2.24) is 4.98 Å². The molecule has 0 aliphatic carbocycles. The van der Waals surface area contributed by atoms with E-state index in [1.165, 1.54) is 12.3 Å². The zero-order valence-corrected chi connectivity index (χ0v) is 7.96. The van der Waals surface area contributed by atoms with Crippen LogP contribution < -0.4 is 0 Å². The van der Waals surface area contributed by atoms with E-state index in [0.717, 1.165) is 0 Å². The number of rotatable bonds is 4. The number of nitrogens with zero attached hydrogens (tertiary/aromatic N) is 2. The van der Waals surface area contributed by atoms with Gasteiger partial charge in [-0.15, -0.1) is 0 Å². The Morgan fingerprint density at radius 2 is 2.47 bits per heavy atom. The van der Waals surface area contributed by atoms with Crippen molar-refractivity contribution in [3.63, 3.8) is 0 Å². The Labute approximate surface area is 86.7 Å². The summed E-state index contributed by atoms with van der Waals surface area (Å²) in [6.07, 6.45) is 2.91. The van der Waals surface area contributed by atoms with Gasteiger partial charge in [0.1, 0.15) is 6.61 Å². The number of carbonyl (C=O) groups excluding carboxylic acids is 1. The average Bonchev–Trinajstić information content (AvgIpc) is 2.29. The van der Waals surface area contributed by atoms with Gasteiger partial charge in [0.2, 0.25) is 5.71 Å². The maximum atomic E-state index is 11.3. The molecule has 0 unspecified atom stereocenters. The number of carbonyl (C=O) groups is 1. The summed E-state index contributed by atoms with van der Waals surface area (Å²) in [6, 6.07) is 4.91. The Morgan fingerprint density at radius 1 is 1.67 bits per heavy atom. The first-order chi connectivity index (χ1) is 7.29. The smallest absolute Gasteiger partial charge is 0.362 e. The summed E-state index contributed by atoms with van der Waals surface area (Å²) >= 11 is 0. The lowest BCUT2D eigenvalue weighted by Gasteiger charge is -2.02. The summed E-state index contributed by atoms with van der Waals surface area (Å²) in [6.45, 7) is 3.46. The third-order valence-electron chi connectivity index (χ3n) is 1.53. The first-order valence-corrected chi connectivity index (χ1v) is 4.21. The molecule has 0 fully saturated rings. The normalized spacial score (nSPS) is 10.8. The van der Waals surface area contributed by atoms with Gasteiger partial charge in [-0.1, -0.05) is 23.9 Å². The Bertz CT molecular complexity index is 374. The fourth-order valence-corrected chi connectivity index (χ4v) is 0.902. The number of hydrogen-bond donors (Lipinski definition) is 1. The number of oxime groups is 1. The molecule has 5 heteroatoms. The molecule has 1 rings (SSSR count). The maximum Gasteiger partial charge on any atom is 0.362 e. The summed E-state index contributed by atoms with van der Waals surface area (Å²) in [5, 5.41) is 11.5. The van der Waals surface area contributed by atoms with Crippen molar-refractivity contribution in [2.45, 2.75) is 0 Å². The molecule has 0 radical (unpaired) electrons. The molecular weight excluding hydrogens is 196 g/mol. The number of esters is 1. The molecular formula is C10H10N2O3. The van der Waals surface area contributed by atoms with E-state index in [0.29, 0.717) is 0 Å². The van der Waals surface area contributed by atoms with Crippen molar-refractivity contribution in [3.05, 3.63) is 42.7 Å². The molecule has 15 heavy (non-hydrogen) atoms. The first kappa shape index (κ1) is 10.9. The van der Waals surface area contributed by atoms with Gasteiger partial charge >= 0.3 is 5.97 Å². The van der Waals surface area contributed by atoms with Crippen molar-refractivity contribution in [3.8, 4) is 0 Å². The second-order valence-electron chi connectivity index (χ2n) is 2.55.